The lowest BCUT2D eigenvalue weighted by Crippen LogP contribution is -2.31. The third-order valence-electron chi connectivity index (χ3n) is 3.16. The summed E-state index contributed by atoms with van der Waals surface area (Å²) in [6.45, 7) is 0. The van der Waals surface area contributed by atoms with Crippen molar-refractivity contribution in [3.63, 3.8) is 0 Å². The lowest BCUT2D eigenvalue weighted by atomic mass is 10.1. The van der Waals surface area contributed by atoms with Gasteiger partial charge in [-0.15, -0.1) is 0 Å². The molecule has 0 N–H and O–H groups in total. The zero-order chi connectivity index (χ0) is 15.0. The van der Waals surface area contributed by atoms with Gasteiger partial charge in [0.2, 0.25) is 0 Å². The second-order valence-corrected chi connectivity index (χ2v) is 5.77. The van der Waals surface area contributed by atoms with E-state index in [4.69, 9.17) is 11.6 Å². The minimum absolute atomic E-state index is 0.0498. The molecule has 2 aromatic rings. The lowest BCUT2D eigenvalue weighted by molar-refractivity contribution is -0.119. The van der Waals surface area contributed by atoms with Gasteiger partial charge >= 0.3 is 0 Å². The van der Waals surface area contributed by atoms with E-state index in [-0.39, 0.29) is 10.6 Å². The van der Waals surface area contributed by atoms with Crippen LogP contribution in [0.25, 0.3) is 5.57 Å². The van der Waals surface area contributed by atoms with Crippen LogP contribution in [0, 0.1) is 0 Å². The number of amides is 2. The molecule has 1 heterocycles. The molecule has 0 saturated carbocycles. The number of imide groups is 1. The van der Waals surface area contributed by atoms with Gasteiger partial charge in [-0.3, -0.25) is 9.59 Å². The molecule has 1 aliphatic heterocycles. The summed E-state index contributed by atoms with van der Waals surface area (Å²) in [5, 5.41) is -0.0498. The highest BCUT2D eigenvalue weighted by molar-refractivity contribution is 9.10. The predicted molar refractivity (Wildman–Crippen MR) is 85.9 cm³/mol. The number of carbonyl (C=O) groups excluding carboxylic acids is 2. The van der Waals surface area contributed by atoms with Crippen LogP contribution in [0.4, 0.5) is 5.69 Å². The predicted octanol–water partition coefficient (Wildman–Crippen LogP) is 3.97. The Morgan fingerprint density at radius 3 is 2.29 bits per heavy atom. The number of halogens is 2. The fourth-order valence-corrected chi connectivity index (χ4v) is 2.87. The first kappa shape index (κ1) is 14.0. The van der Waals surface area contributed by atoms with Crippen molar-refractivity contribution in [1.29, 1.82) is 0 Å². The van der Waals surface area contributed by atoms with E-state index in [0.29, 0.717) is 11.3 Å². The van der Waals surface area contributed by atoms with Crippen LogP contribution >= 0.6 is 27.5 Å². The molecule has 0 bridgehead atoms. The minimum Gasteiger partial charge on any atom is -0.268 e. The van der Waals surface area contributed by atoms with E-state index in [9.17, 15) is 9.59 Å². The van der Waals surface area contributed by atoms with Crippen LogP contribution in [-0.2, 0) is 9.59 Å². The first-order valence-electron chi connectivity index (χ1n) is 6.19. The van der Waals surface area contributed by atoms with Crippen LogP contribution in [-0.4, -0.2) is 11.8 Å². The van der Waals surface area contributed by atoms with Gasteiger partial charge in [0.25, 0.3) is 11.8 Å². The number of nitrogens with zero attached hydrogens (tertiary/aromatic N) is 1. The molecule has 0 unspecified atom stereocenters. The maximum atomic E-state index is 12.6. The van der Waals surface area contributed by atoms with Crippen LogP contribution in [0.3, 0.4) is 0 Å². The molecule has 5 heteroatoms. The molecule has 0 aliphatic carbocycles. The SMILES string of the molecule is O=C1C(Cl)=C(c2ccccc2)C(=O)N1c1cccc(Br)c1. The summed E-state index contributed by atoms with van der Waals surface area (Å²) in [7, 11) is 0. The molecule has 0 saturated heterocycles. The smallest absolute Gasteiger partial charge is 0.268 e. The molecule has 0 fully saturated rings. The van der Waals surface area contributed by atoms with Crippen LogP contribution in [0.15, 0.2) is 64.1 Å². The number of rotatable bonds is 2. The first-order chi connectivity index (χ1) is 10.1. The van der Waals surface area contributed by atoms with Crippen molar-refractivity contribution >= 4 is 50.6 Å². The van der Waals surface area contributed by atoms with Crippen LogP contribution < -0.4 is 4.90 Å². The summed E-state index contributed by atoms with van der Waals surface area (Å²) in [5.41, 5.74) is 1.36. The van der Waals surface area contributed by atoms with E-state index in [1.54, 1.807) is 42.5 Å². The van der Waals surface area contributed by atoms with Gasteiger partial charge in [-0.05, 0) is 23.8 Å². The molecule has 0 atom stereocenters. The van der Waals surface area contributed by atoms with E-state index >= 15 is 0 Å². The van der Waals surface area contributed by atoms with Gasteiger partial charge in [-0.1, -0.05) is 63.9 Å². The molecule has 0 aromatic heterocycles. The molecular weight excluding hydrogens is 354 g/mol. The average molecular weight is 363 g/mol. The molecule has 3 rings (SSSR count). The van der Waals surface area contributed by atoms with E-state index in [1.807, 2.05) is 12.1 Å². The second-order valence-electron chi connectivity index (χ2n) is 4.48. The Hall–Kier alpha value is -1.91. The van der Waals surface area contributed by atoms with Crippen molar-refractivity contribution < 1.29 is 9.59 Å². The Kier molecular flexibility index (Phi) is 3.66. The van der Waals surface area contributed by atoms with Crippen molar-refractivity contribution in [3.8, 4) is 0 Å². The Balaban J connectivity index is 2.07. The van der Waals surface area contributed by atoms with E-state index in [0.717, 1.165) is 9.37 Å². The molecule has 2 amide bonds. The fourth-order valence-electron chi connectivity index (χ4n) is 2.21. The Morgan fingerprint density at radius 2 is 1.62 bits per heavy atom. The largest absolute Gasteiger partial charge is 0.277 e. The fraction of sp³-hybridized carbons (Fsp3) is 0. The first-order valence-corrected chi connectivity index (χ1v) is 7.36. The Labute approximate surface area is 135 Å². The van der Waals surface area contributed by atoms with Crippen molar-refractivity contribution in [2.24, 2.45) is 0 Å². The molecular formula is C16H9BrClNO2. The highest BCUT2D eigenvalue weighted by Gasteiger charge is 2.39. The second kappa shape index (κ2) is 5.47. The average Bonchev–Trinajstić information content (AvgIpc) is 2.70. The van der Waals surface area contributed by atoms with Gasteiger partial charge < -0.3 is 0 Å². The molecule has 104 valence electrons. The van der Waals surface area contributed by atoms with Gasteiger partial charge in [0.1, 0.15) is 5.03 Å². The summed E-state index contributed by atoms with van der Waals surface area (Å²) in [5.74, 6) is -0.909. The summed E-state index contributed by atoms with van der Waals surface area (Å²) in [4.78, 5) is 26.0. The topological polar surface area (TPSA) is 37.4 Å². The molecule has 1 aliphatic rings. The summed E-state index contributed by atoms with van der Waals surface area (Å²) in [6.07, 6.45) is 0. The standard InChI is InChI=1S/C16H9BrClNO2/c17-11-7-4-8-12(9-11)19-15(20)13(14(18)16(19)21)10-5-2-1-3-6-10/h1-9H. The Bertz CT molecular complexity index is 771. The third-order valence-corrected chi connectivity index (χ3v) is 4.00. The summed E-state index contributed by atoms with van der Waals surface area (Å²) in [6, 6.07) is 15.9. The van der Waals surface area contributed by atoms with Gasteiger partial charge in [0, 0.05) is 4.47 Å². The summed E-state index contributed by atoms with van der Waals surface area (Å²) >= 11 is 9.43. The molecule has 0 spiro atoms. The minimum atomic E-state index is -0.501. The van der Waals surface area contributed by atoms with Gasteiger partial charge in [-0.2, -0.15) is 0 Å². The van der Waals surface area contributed by atoms with Crippen molar-refractivity contribution in [2.75, 3.05) is 4.90 Å². The quantitative estimate of drug-likeness (QED) is 0.758. The highest BCUT2D eigenvalue weighted by Crippen LogP contribution is 2.35. The van der Waals surface area contributed by atoms with Gasteiger partial charge in [-0.25, -0.2) is 4.90 Å². The molecule has 21 heavy (non-hydrogen) atoms. The number of carbonyl (C=O) groups is 2. The lowest BCUT2D eigenvalue weighted by Gasteiger charge is -2.15. The van der Waals surface area contributed by atoms with Crippen molar-refractivity contribution in [2.45, 2.75) is 0 Å². The number of hydrogen-bond acceptors (Lipinski definition) is 2. The highest BCUT2D eigenvalue weighted by atomic mass is 79.9. The van der Waals surface area contributed by atoms with E-state index < -0.39 is 11.8 Å². The van der Waals surface area contributed by atoms with Crippen LogP contribution in [0.5, 0.6) is 0 Å². The maximum absolute atomic E-state index is 12.6. The van der Waals surface area contributed by atoms with Gasteiger partial charge in [0.05, 0.1) is 11.3 Å². The van der Waals surface area contributed by atoms with Crippen LogP contribution in [0.1, 0.15) is 5.56 Å². The Morgan fingerprint density at radius 1 is 0.905 bits per heavy atom. The van der Waals surface area contributed by atoms with Crippen LogP contribution in [0.2, 0.25) is 0 Å². The number of hydrogen-bond donors (Lipinski definition) is 0. The zero-order valence-corrected chi connectivity index (χ0v) is 13.1. The number of benzene rings is 2. The third kappa shape index (κ3) is 2.41. The summed E-state index contributed by atoms with van der Waals surface area (Å²) < 4.78 is 0.782. The molecule has 0 radical (unpaired) electrons. The van der Waals surface area contributed by atoms with Gasteiger partial charge in [0.15, 0.2) is 0 Å². The number of anilines is 1. The normalized spacial score (nSPS) is 15.0. The van der Waals surface area contributed by atoms with E-state index in [2.05, 4.69) is 15.9 Å². The molecule has 2 aromatic carbocycles. The zero-order valence-electron chi connectivity index (χ0n) is 10.7. The van der Waals surface area contributed by atoms with Crippen molar-refractivity contribution in [3.05, 3.63) is 69.7 Å². The maximum Gasteiger partial charge on any atom is 0.277 e. The molecule has 3 nitrogen and oxygen atoms in total. The van der Waals surface area contributed by atoms with E-state index in [1.165, 1.54) is 0 Å². The monoisotopic (exact) mass is 361 g/mol. The van der Waals surface area contributed by atoms with Crippen molar-refractivity contribution in [1.82, 2.24) is 0 Å².